The number of likely N-dealkylation sites (N-methyl/N-ethyl adjacent to an activating group) is 1. The molecule has 2 aromatic rings. The lowest BCUT2D eigenvalue weighted by atomic mass is 10.1. The second-order valence-corrected chi connectivity index (χ2v) is 8.09. The molecule has 0 aromatic heterocycles. The summed E-state index contributed by atoms with van der Waals surface area (Å²) in [6.07, 6.45) is 3.44. The Labute approximate surface area is 194 Å². The predicted molar refractivity (Wildman–Crippen MR) is 129 cm³/mol. The van der Waals surface area contributed by atoms with Crippen LogP contribution in [0.5, 0.6) is 0 Å². The standard InChI is InChI=1S/C15H22N4O.C9H11ClFN/c1-2-18(11-20)13-7-8-19(10-13)15(17)14-6-4-3-5-12(14)9-16;1-6-3-7(5-12-2)9(11)4-8(6)10/h3-6,9,11,13H,2,7-8,10,16-17H2,1H3;3-4,12H,5H2,1-2H3/b12-9-,15-14+;. The number of carbonyl (C=O) groups excluding carboxylic acids is 1. The first-order valence-corrected chi connectivity index (χ1v) is 11.1. The Balaban J connectivity index is 0.000000258. The predicted octanol–water partition coefficient (Wildman–Crippen LogP) is 1.47. The van der Waals surface area contributed by atoms with E-state index in [4.69, 9.17) is 23.1 Å². The molecule has 1 amide bonds. The van der Waals surface area contributed by atoms with Crippen molar-refractivity contribution in [3.05, 3.63) is 68.8 Å². The van der Waals surface area contributed by atoms with Crippen LogP contribution >= 0.6 is 11.6 Å². The zero-order chi connectivity index (χ0) is 23.7. The maximum Gasteiger partial charge on any atom is 0.210 e. The topological polar surface area (TPSA) is 87.6 Å². The van der Waals surface area contributed by atoms with Crippen molar-refractivity contribution in [2.75, 3.05) is 26.7 Å². The van der Waals surface area contributed by atoms with E-state index in [1.807, 2.05) is 43.0 Å². The molecule has 0 bridgehead atoms. The lowest BCUT2D eigenvalue weighted by molar-refractivity contribution is -0.119. The summed E-state index contributed by atoms with van der Waals surface area (Å²) >= 11 is 5.73. The van der Waals surface area contributed by atoms with Gasteiger partial charge in [-0.1, -0.05) is 41.9 Å². The lowest BCUT2D eigenvalue weighted by Crippen LogP contribution is -2.40. The smallest absolute Gasteiger partial charge is 0.210 e. The molecule has 0 spiro atoms. The van der Waals surface area contributed by atoms with Crippen LogP contribution in [-0.4, -0.2) is 48.9 Å². The number of likely N-dealkylation sites (tertiary alicyclic amines) is 1. The maximum absolute atomic E-state index is 13.1. The summed E-state index contributed by atoms with van der Waals surface area (Å²) in [6, 6.07) is 11.2. The monoisotopic (exact) mass is 461 g/mol. The van der Waals surface area contributed by atoms with E-state index in [-0.39, 0.29) is 11.9 Å². The van der Waals surface area contributed by atoms with E-state index in [0.29, 0.717) is 17.1 Å². The van der Waals surface area contributed by atoms with Crippen molar-refractivity contribution < 1.29 is 9.18 Å². The molecule has 8 heteroatoms. The SMILES string of the molecule is CCN(C=O)C1CCN(/C(N)=c2\cccc\c2=C\N)C1.CNCc1cc(C)c(Cl)cc1F. The molecule has 6 nitrogen and oxygen atoms in total. The van der Waals surface area contributed by atoms with E-state index >= 15 is 0 Å². The van der Waals surface area contributed by atoms with Gasteiger partial charge in [-0.15, -0.1) is 0 Å². The van der Waals surface area contributed by atoms with Crippen molar-refractivity contribution in [3.63, 3.8) is 0 Å². The number of aryl methyl sites for hydroxylation is 1. The summed E-state index contributed by atoms with van der Waals surface area (Å²) in [4.78, 5) is 15.0. The van der Waals surface area contributed by atoms with Gasteiger partial charge in [0.1, 0.15) is 11.6 Å². The summed E-state index contributed by atoms with van der Waals surface area (Å²) in [5.41, 5.74) is 13.5. The number of nitrogens with two attached hydrogens (primary N) is 2. The molecule has 1 atom stereocenters. The van der Waals surface area contributed by atoms with E-state index in [1.54, 1.807) is 19.3 Å². The van der Waals surface area contributed by atoms with Gasteiger partial charge in [0.05, 0.1) is 6.04 Å². The molecule has 3 rings (SSSR count). The van der Waals surface area contributed by atoms with Gasteiger partial charge in [0, 0.05) is 53.4 Å². The minimum Gasteiger partial charge on any atom is -0.404 e. The van der Waals surface area contributed by atoms with Crippen LogP contribution in [0.2, 0.25) is 5.02 Å². The summed E-state index contributed by atoms with van der Waals surface area (Å²) in [5.74, 6) is 0.478. The van der Waals surface area contributed by atoms with Crippen molar-refractivity contribution in [1.29, 1.82) is 0 Å². The highest BCUT2D eigenvalue weighted by molar-refractivity contribution is 6.31. The molecule has 1 fully saturated rings. The summed E-state index contributed by atoms with van der Waals surface area (Å²) < 4.78 is 13.1. The van der Waals surface area contributed by atoms with Gasteiger partial charge in [0.25, 0.3) is 0 Å². The minimum atomic E-state index is -0.250. The van der Waals surface area contributed by atoms with Crippen LogP contribution in [0, 0.1) is 12.7 Å². The van der Waals surface area contributed by atoms with Gasteiger partial charge in [-0.3, -0.25) is 4.79 Å². The minimum absolute atomic E-state index is 0.241. The van der Waals surface area contributed by atoms with E-state index in [0.717, 1.165) is 54.3 Å². The lowest BCUT2D eigenvalue weighted by Gasteiger charge is -2.24. The molecular weight excluding hydrogens is 429 g/mol. The number of hydrogen-bond donors (Lipinski definition) is 3. The van der Waals surface area contributed by atoms with Gasteiger partial charge in [-0.2, -0.15) is 0 Å². The summed E-state index contributed by atoms with van der Waals surface area (Å²) in [5, 5.41) is 5.24. The number of rotatable bonds is 6. The quantitative estimate of drug-likeness (QED) is 0.567. The molecular formula is C24H33ClFN5O. The number of halogens is 2. The Kier molecular flexibility index (Phi) is 9.81. The Hall–Kier alpha value is -2.77. The Morgan fingerprint density at radius 2 is 2.09 bits per heavy atom. The van der Waals surface area contributed by atoms with Gasteiger partial charge in [-0.05, 0) is 38.9 Å². The maximum atomic E-state index is 13.1. The van der Waals surface area contributed by atoms with Crippen LogP contribution in [0.4, 0.5) is 4.39 Å². The van der Waals surface area contributed by atoms with Gasteiger partial charge >= 0.3 is 0 Å². The number of carbonyl (C=O) groups is 1. The number of benzene rings is 2. The largest absolute Gasteiger partial charge is 0.404 e. The fourth-order valence-electron chi connectivity index (χ4n) is 3.74. The molecule has 1 aliphatic rings. The van der Waals surface area contributed by atoms with Gasteiger partial charge in [-0.25, -0.2) is 4.39 Å². The third-order valence-corrected chi connectivity index (χ3v) is 5.99. The first-order chi connectivity index (χ1) is 15.4. The van der Waals surface area contributed by atoms with E-state index < -0.39 is 0 Å². The Morgan fingerprint density at radius 1 is 1.38 bits per heavy atom. The first-order valence-electron chi connectivity index (χ1n) is 10.7. The average molecular weight is 462 g/mol. The molecule has 0 saturated carbocycles. The molecule has 1 heterocycles. The molecule has 0 radical (unpaired) electrons. The Bertz CT molecular complexity index is 1030. The normalized spacial score (nSPS) is 17.0. The molecule has 174 valence electrons. The van der Waals surface area contributed by atoms with E-state index in [1.165, 1.54) is 6.07 Å². The second kappa shape index (κ2) is 12.3. The number of amides is 1. The summed E-state index contributed by atoms with van der Waals surface area (Å²) in [7, 11) is 1.78. The highest BCUT2D eigenvalue weighted by Crippen LogP contribution is 2.19. The Morgan fingerprint density at radius 3 is 2.72 bits per heavy atom. The van der Waals surface area contributed by atoms with Crippen LogP contribution in [-0.2, 0) is 11.3 Å². The van der Waals surface area contributed by atoms with Crippen LogP contribution in [0.3, 0.4) is 0 Å². The van der Waals surface area contributed by atoms with Gasteiger partial charge < -0.3 is 26.6 Å². The van der Waals surface area contributed by atoms with Gasteiger partial charge in [0.2, 0.25) is 6.41 Å². The van der Waals surface area contributed by atoms with Crippen LogP contribution in [0.25, 0.3) is 12.0 Å². The average Bonchev–Trinajstić information content (AvgIpc) is 3.28. The van der Waals surface area contributed by atoms with Crippen molar-refractivity contribution in [1.82, 2.24) is 15.1 Å². The molecule has 5 N–H and O–H groups in total. The van der Waals surface area contributed by atoms with Crippen LogP contribution in [0.15, 0.2) is 36.4 Å². The highest BCUT2D eigenvalue weighted by atomic mass is 35.5. The van der Waals surface area contributed by atoms with E-state index in [2.05, 4.69) is 10.2 Å². The fraction of sp³-hybridized carbons (Fsp3) is 0.375. The number of nitrogens with zero attached hydrogens (tertiary/aromatic N) is 2. The number of nitrogens with one attached hydrogen (secondary N) is 1. The molecule has 32 heavy (non-hydrogen) atoms. The van der Waals surface area contributed by atoms with Crippen molar-refractivity contribution >= 4 is 30.0 Å². The van der Waals surface area contributed by atoms with Crippen molar-refractivity contribution in [2.45, 2.75) is 32.9 Å². The first kappa shape index (κ1) is 25.5. The van der Waals surface area contributed by atoms with Crippen molar-refractivity contribution in [2.24, 2.45) is 11.5 Å². The molecule has 1 saturated heterocycles. The fourth-order valence-corrected chi connectivity index (χ4v) is 3.89. The molecule has 2 aromatic carbocycles. The van der Waals surface area contributed by atoms with E-state index in [9.17, 15) is 9.18 Å². The zero-order valence-corrected chi connectivity index (χ0v) is 19.7. The zero-order valence-electron chi connectivity index (χ0n) is 18.9. The third kappa shape index (κ3) is 6.37. The number of hydrogen-bond acceptors (Lipinski definition) is 5. The summed E-state index contributed by atoms with van der Waals surface area (Å²) in [6.45, 7) is 6.75. The molecule has 1 aliphatic heterocycles. The molecule has 1 unspecified atom stereocenters. The van der Waals surface area contributed by atoms with Crippen LogP contribution < -0.4 is 27.2 Å². The molecule has 0 aliphatic carbocycles. The second-order valence-electron chi connectivity index (χ2n) is 7.69. The highest BCUT2D eigenvalue weighted by Gasteiger charge is 2.26. The third-order valence-electron chi connectivity index (χ3n) is 5.58. The van der Waals surface area contributed by atoms with Gasteiger partial charge in [0.15, 0.2) is 0 Å². The van der Waals surface area contributed by atoms with Crippen LogP contribution in [0.1, 0.15) is 24.5 Å². The van der Waals surface area contributed by atoms with Crippen molar-refractivity contribution in [3.8, 4) is 0 Å².